The van der Waals surface area contributed by atoms with Crippen molar-refractivity contribution in [2.45, 2.75) is 78.6 Å². The second-order valence-corrected chi connectivity index (χ2v) is 6.30. The van der Waals surface area contributed by atoms with E-state index in [2.05, 4.69) is 20.8 Å². The molecule has 0 atom stereocenters. The molecule has 0 radical (unpaired) electrons. The van der Waals surface area contributed by atoms with Crippen molar-refractivity contribution in [3.05, 3.63) is 11.6 Å². The second kappa shape index (κ2) is 6.98. The Balaban J connectivity index is 2.20. The number of hydrogen-bond acceptors (Lipinski definition) is 1. The van der Waals surface area contributed by atoms with Crippen LogP contribution in [0.3, 0.4) is 0 Å². The number of unbranched alkanes of at least 4 members (excludes halogenated alkanes) is 5. The third-order valence-electron chi connectivity index (χ3n) is 3.57. The zero-order valence-corrected chi connectivity index (χ0v) is 11.8. The minimum atomic E-state index is 0.198. The van der Waals surface area contributed by atoms with Gasteiger partial charge in [-0.05, 0) is 30.8 Å². The smallest absolute Gasteiger partial charge is 0.156 e. The Kier molecular flexibility index (Phi) is 5.94. The van der Waals surface area contributed by atoms with E-state index in [0.717, 1.165) is 19.3 Å². The SMILES string of the molecule is CCCCCCCCC1=CC(=O)CC(C)(C)C1. The summed E-state index contributed by atoms with van der Waals surface area (Å²) < 4.78 is 0. The van der Waals surface area contributed by atoms with E-state index in [1.807, 2.05) is 6.08 Å². The van der Waals surface area contributed by atoms with Crippen molar-refractivity contribution in [3.63, 3.8) is 0 Å². The Morgan fingerprint density at radius 2 is 1.71 bits per heavy atom. The molecule has 0 bridgehead atoms. The molecule has 0 aliphatic heterocycles. The maximum atomic E-state index is 11.6. The summed E-state index contributed by atoms with van der Waals surface area (Å²) in [5, 5.41) is 0. The lowest BCUT2D eigenvalue weighted by Crippen LogP contribution is -2.21. The quantitative estimate of drug-likeness (QED) is 0.565. The highest BCUT2D eigenvalue weighted by atomic mass is 16.1. The number of carbonyl (C=O) groups excluding carboxylic acids is 1. The maximum absolute atomic E-state index is 11.6. The molecule has 1 aliphatic carbocycles. The molecule has 0 amide bonds. The van der Waals surface area contributed by atoms with Crippen LogP contribution in [0.2, 0.25) is 0 Å². The van der Waals surface area contributed by atoms with Crippen LogP contribution in [0.25, 0.3) is 0 Å². The normalized spacial score (nSPS) is 19.2. The molecule has 0 N–H and O–H groups in total. The first-order valence-corrected chi connectivity index (χ1v) is 7.26. The zero-order chi connectivity index (χ0) is 12.7. The Labute approximate surface area is 107 Å². The summed E-state index contributed by atoms with van der Waals surface area (Å²) in [6, 6.07) is 0. The van der Waals surface area contributed by atoms with E-state index >= 15 is 0 Å². The van der Waals surface area contributed by atoms with Gasteiger partial charge in [0, 0.05) is 6.42 Å². The van der Waals surface area contributed by atoms with E-state index < -0.39 is 0 Å². The lowest BCUT2D eigenvalue weighted by molar-refractivity contribution is -0.117. The van der Waals surface area contributed by atoms with E-state index in [-0.39, 0.29) is 5.41 Å². The van der Waals surface area contributed by atoms with E-state index in [0.29, 0.717) is 5.78 Å². The van der Waals surface area contributed by atoms with E-state index in [9.17, 15) is 4.79 Å². The zero-order valence-electron chi connectivity index (χ0n) is 11.8. The highest BCUT2D eigenvalue weighted by molar-refractivity contribution is 5.91. The first-order valence-electron chi connectivity index (χ1n) is 7.26. The Morgan fingerprint density at radius 1 is 1.06 bits per heavy atom. The van der Waals surface area contributed by atoms with Gasteiger partial charge in [-0.2, -0.15) is 0 Å². The predicted octanol–water partition coefficient (Wildman–Crippen LogP) is 5.05. The van der Waals surface area contributed by atoms with Crippen molar-refractivity contribution in [3.8, 4) is 0 Å². The summed E-state index contributed by atoms with van der Waals surface area (Å²) in [5.74, 6) is 0.335. The summed E-state index contributed by atoms with van der Waals surface area (Å²) in [7, 11) is 0. The van der Waals surface area contributed by atoms with E-state index in [1.165, 1.54) is 44.1 Å². The monoisotopic (exact) mass is 236 g/mol. The summed E-state index contributed by atoms with van der Waals surface area (Å²) in [6.45, 7) is 6.67. The minimum Gasteiger partial charge on any atom is -0.295 e. The molecule has 0 fully saturated rings. The lowest BCUT2D eigenvalue weighted by Gasteiger charge is -2.28. The Morgan fingerprint density at radius 3 is 2.35 bits per heavy atom. The summed E-state index contributed by atoms with van der Waals surface area (Å²) >= 11 is 0. The van der Waals surface area contributed by atoms with Crippen molar-refractivity contribution in [1.29, 1.82) is 0 Å². The molecule has 0 saturated carbocycles. The molecule has 0 unspecified atom stereocenters. The lowest BCUT2D eigenvalue weighted by atomic mass is 9.76. The van der Waals surface area contributed by atoms with Gasteiger partial charge in [0.2, 0.25) is 0 Å². The number of hydrogen-bond donors (Lipinski definition) is 0. The van der Waals surface area contributed by atoms with Crippen LogP contribution in [-0.4, -0.2) is 5.78 Å². The Hall–Kier alpha value is -0.590. The van der Waals surface area contributed by atoms with Crippen LogP contribution in [0.1, 0.15) is 78.6 Å². The van der Waals surface area contributed by atoms with Gasteiger partial charge in [-0.1, -0.05) is 58.4 Å². The van der Waals surface area contributed by atoms with Gasteiger partial charge >= 0.3 is 0 Å². The van der Waals surface area contributed by atoms with Crippen LogP contribution < -0.4 is 0 Å². The molecule has 1 nitrogen and oxygen atoms in total. The highest BCUT2D eigenvalue weighted by Gasteiger charge is 2.26. The molecule has 98 valence electrons. The van der Waals surface area contributed by atoms with Gasteiger partial charge in [-0.25, -0.2) is 0 Å². The van der Waals surface area contributed by atoms with Crippen LogP contribution >= 0.6 is 0 Å². The first kappa shape index (κ1) is 14.5. The summed E-state index contributed by atoms with van der Waals surface area (Å²) in [6.07, 6.45) is 12.9. The molecular weight excluding hydrogens is 208 g/mol. The number of ketones is 1. The highest BCUT2D eigenvalue weighted by Crippen LogP contribution is 2.35. The molecule has 0 aromatic rings. The Bertz CT molecular complexity index is 273. The molecule has 0 aromatic carbocycles. The van der Waals surface area contributed by atoms with Crippen LogP contribution in [0, 0.1) is 5.41 Å². The summed E-state index contributed by atoms with van der Waals surface area (Å²) in [4.78, 5) is 11.6. The first-order chi connectivity index (χ1) is 8.03. The molecule has 0 heterocycles. The average molecular weight is 236 g/mol. The maximum Gasteiger partial charge on any atom is 0.156 e. The van der Waals surface area contributed by atoms with Gasteiger partial charge in [0.1, 0.15) is 0 Å². The number of allylic oxidation sites excluding steroid dienone is 2. The van der Waals surface area contributed by atoms with Crippen molar-refractivity contribution in [2.75, 3.05) is 0 Å². The standard InChI is InChI=1S/C16H28O/c1-4-5-6-7-8-9-10-14-11-15(17)13-16(2,3)12-14/h11H,4-10,12-13H2,1-3H3. The summed E-state index contributed by atoms with van der Waals surface area (Å²) in [5.41, 5.74) is 1.59. The van der Waals surface area contributed by atoms with Crippen molar-refractivity contribution in [2.24, 2.45) is 5.41 Å². The van der Waals surface area contributed by atoms with E-state index in [4.69, 9.17) is 0 Å². The van der Waals surface area contributed by atoms with Crippen molar-refractivity contribution < 1.29 is 4.79 Å². The predicted molar refractivity (Wildman–Crippen MR) is 74.1 cm³/mol. The fourth-order valence-corrected chi connectivity index (χ4v) is 2.77. The van der Waals surface area contributed by atoms with Gasteiger partial charge in [0.15, 0.2) is 5.78 Å². The van der Waals surface area contributed by atoms with E-state index in [1.54, 1.807) is 0 Å². The van der Waals surface area contributed by atoms with Gasteiger partial charge in [0.05, 0.1) is 0 Å². The molecule has 1 heteroatoms. The third kappa shape index (κ3) is 6.05. The molecule has 0 aromatic heterocycles. The number of rotatable bonds is 7. The fraction of sp³-hybridized carbons (Fsp3) is 0.812. The van der Waals surface area contributed by atoms with Gasteiger partial charge < -0.3 is 0 Å². The molecule has 1 rings (SSSR count). The molecular formula is C16H28O. The topological polar surface area (TPSA) is 17.1 Å². The number of carbonyl (C=O) groups is 1. The molecule has 0 saturated heterocycles. The molecule has 17 heavy (non-hydrogen) atoms. The van der Waals surface area contributed by atoms with Crippen LogP contribution in [-0.2, 0) is 4.79 Å². The third-order valence-corrected chi connectivity index (χ3v) is 3.57. The minimum absolute atomic E-state index is 0.198. The fourth-order valence-electron chi connectivity index (χ4n) is 2.77. The van der Waals surface area contributed by atoms with Crippen molar-refractivity contribution >= 4 is 5.78 Å². The molecule has 0 spiro atoms. The van der Waals surface area contributed by atoms with Gasteiger partial charge in [-0.15, -0.1) is 0 Å². The average Bonchev–Trinajstić information content (AvgIpc) is 2.20. The molecule has 1 aliphatic rings. The van der Waals surface area contributed by atoms with Gasteiger partial charge in [-0.3, -0.25) is 4.79 Å². The van der Waals surface area contributed by atoms with Crippen LogP contribution in [0.15, 0.2) is 11.6 Å². The van der Waals surface area contributed by atoms with Crippen LogP contribution in [0.4, 0.5) is 0 Å². The second-order valence-electron chi connectivity index (χ2n) is 6.30. The van der Waals surface area contributed by atoms with Crippen LogP contribution in [0.5, 0.6) is 0 Å². The largest absolute Gasteiger partial charge is 0.295 e. The van der Waals surface area contributed by atoms with Gasteiger partial charge in [0.25, 0.3) is 0 Å². The van der Waals surface area contributed by atoms with Crippen molar-refractivity contribution in [1.82, 2.24) is 0 Å².